The third-order valence-electron chi connectivity index (χ3n) is 6.56. The first-order valence-corrected chi connectivity index (χ1v) is 11.6. The number of carbonyl (C=O) groups excluding carboxylic acids is 2. The number of piperidine rings is 1. The highest BCUT2D eigenvalue weighted by atomic mass is 16.5. The topological polar surface area (TPSA) is 80.6 Å². The van der Waals surface area contributed by atoms with Crippen LogP contribution in [0.1, 0.15) is 25.0 Å². The molecule has 2 atom stereocenters. The molecule has 2 aliphatic rings. The molecule has 0 saturated carbocycles. The quantitative estimate of drug-likeness (QED) is 0.636. The molecule has 1 fully saturated rings. The molecule has 34 heavy (non-hydrogen) atoms. The predicted molar refractivity (Wildman–Crippen MR) is 130 cm³/mol. The minimum atomic E-state index is -0.120. The number of amides is 2. The molecule has 5 rings (SSSR count). The molecule has 7 nitrogen and oxygen atoms in total. The summed E-state index contributed by atoms with van der Waals surface area (Å²) in [6.07, 6.45) is 0.948. The Morgan fingerprint density at radius 2 is 1.74 bits per heavy atom. The van der Waals surface area contributed by atoms with Crippen molar-refractivity contribution >= 4 is 17.5 Å². The molecule has 0 aliphatic carbocycles. The average molecular weight is 458 g/mol. The molecule has 2 amide bonds. The van der Waals surface area contributed by atoms with Crippen molar-refractivity contribution in [1.82, 2.24) is 9.47 Å². The van der Waals surface area contributed by atoms with E-state index >= 15 is 0 Å². The fraction of sp³-hybridized carbons (Fsp3) is 0.296. The molecule has 3 heterocycles. The van der Waals surface area contributed by atoms with Crippen LogP contribution in [0.2, 0.25) is 0 Å². The van der Waals surface area contributed by atoms with Gasteiger partial charge in [-0.1, -0.05) is 30.3 Å². The summed E-state index contributed by atoms with van der Waals surface area (Å²) >= 11 is 0. The number of fused-ring (bicyclic) bond motifs is 4. The number of nitrogens with zero attached hydrogens (tertiary/aromatic N) is 2. The number of aromatic nitrogens is 1. The van der Waals surface area contributed by atoms with E-state index in [1.54, 1.807) is 6.07 Å². The van der Waals surface area contributed by atoms with Gasteiger partial charge in [-0.3, -0.25) is 14.4 Å². The first-order chi connectivity index (χ1) is 16.5. The van der Waals surface area contributed by atoms with Crippen LogP contribution in [0.25, 0.3) is 11.1 Å². The highest BCUT2D eigenvalue weighted by molar-refractivity contribution is 5.89. The molecular weight excluding hydrogens is 430 g/mol. The third kappa shape index (κ3) is 4.46. The Bertz CT molecular complexity index is 1270. The van der Waals surface area contributed by atoms with Crippen molar-refractivity contribution in [3.8, 4) is 16.9 Å². The van der Waals surface area contributed by atoms with Gasteiger partial charge >= 0.3 is 0 Å². The van der Waals surface area contributed by atoms with E-state index in [1.165, 1.54) is 6.92 Å². The van der Waals surface area contributed by atoms with E-state index in [4.69, 9.17) is 4.74 Å². The summed E-state index contributed by atoms with van der Waals surface area (Å²) in [6, 6.07) is 20.5. The highest BCUT2D eigenvalue weighted by Crippen LogP contribution is 2.40. The first kappa shape index (κ1) is 21.9. The van der Waals surface area contributed by atoms with Crippen LogP contribution in [0.15, 0.2) is 71.5 Å². The number of anilines is 1. The van der Waals surface area contributed by atoms with Gasteiger partial charge < -0.3 is 19.5 Å². The number of carbonyl (C=O) groups is 2. The zero-order valence-electron chi connectivity index (χ0n) is 19.1. The number of likely N-dealkylation sites (tertiary alicyclic amines) is 1. The fourth-order valence-corrected chi connectivity index (χ4v) is 5.15. The summed E-state index contributed by atoms with van der Waals surface area (Å²) < 4.78 is 7.57. The van der Waals surface area contributed by atoms with Crippen LogP contribution in [0, 0.1) is 5.92 Å². The second-order valence-electron chi connectivity index (χ2n) is 9.04. The molecule has 7 heteroatoms. The molecule has 0 unspecified atom stereocenters. The number of nitrogens with one attached hydrogen (secondary N) is 1. The van der Waals surface area contributed by atoms with Crippen molar-refractivity contribution in [3.05, 3.63) is 82.8 Å². The summed E-state index contributed by atoms with van der Waals surface area (Å²) in [5.74, 6) is 0.834. The van der Waals surface area contributed by atoms with Crippen LogP contribution >= 0.6 is 0 Å². The van der Waals surface area contributed by atoms with Crippen LogP contribution < -0.4 is 15.6 Å². The minimum absolute atomic E-state index is 0.00250. The van der Waals surface area contributed by atoms with E-state index in [2.05, 4.69) is 5.32 Å². The largest absolute Gasteiger partial charge is 0.484 e. The smallest absolute Gasteiger partial charge is 0.260 e. The van der Waals surface area contributed by atoms with E-state index in [9.17, 15) is 14.4 Å². The van der Waals surface area contributed by atoms with Gasteiger partial charge in [0, 0.05) is 55.5 Å². The molecule has 1 N–H and O–H groups in total. The van der Waals surface area contributed by atoms with E-state index in [-0.39, 0.29) is 35.8 Å². The second kappa shape index (κ2) is 9.17. The molecule has 3 aromatic rings. The Balaban J connectivity index is 1.39. The second-order valence-corrected chi connectivity index (χ2v) is 9.04. The van der Waals surface area contributed by atoms with Gasteiger partial charge in [-0.15, -0.1) is 0 Å². The summed E-state index contributed by atoms with van der Waals surface area (Å²) in [5, 5.41) is 2.78. The summed E-state index contributed by atoms with van der Waals surface area (Å²) in [5.41, 5.74) is 3.68. The number of ether oxygens (including phenoxy) is 1. The van der Waals surface area contributed by atoms with Gasteiger partial charge in [-0.2, -0.15) is 0 Å². The number of hydrogen-bond acceptors (Lipinski definition) is 4. The number of para-hydroxylation sites is 1. The third-order valence-corrected chi connectivity index (χ3v) is 6.56. The lowest BCUT2D eigenvalue weighted by atomic mass is 9.80. The SMILES string of the molecule is CC(=O)Nc1ccc(-c2ccc(=O)n3c2[C@@H]2C[C@@H](CN(C(=O)COc4ccccc4)C2)C3)cc1. The molecule has 2 bridgehead atoms. The molecule has 0 radical (unpaired) electrons. The van der Waals surface area contributed by atoms with Gasteiger partial charge in [0.25, 0.3) is 11.5 Å². The molecule has 1 saturated heterocycles. The Morgan fingerprint density at radius 1 is 0.971 bits per heavy atom. The molecule has 0 spiro atoms. The van der Waals surface area contributed by atoms with Crippen LogP contribution in [0.5, 0.6) is 5.75 Å². The Hall–Kier alpha value is -3.87. The maximum Gasteiger partial charge on any atom is 0.260 e. The predicted octanol–water partition coefficient (Wildman–Crippen LogP) is 3.50. The maximum absolute atomic E-state index is 13.0. The van der Waals surface area contributed by atoms with Gasteiger partial charge in [0.1, 0.15) is 5.75 Å². The van der Waals surface area contributed by atoms with Gasteiger partial charge in [0.05, 0.1) is 0 Å². The Morgan fingerprint density at radius 3 is 2.47 bits per heavy atom. The number of rotatable bonds is 5. The van der Waals surface area contributed by atoms with Gasteiger partial charge in [-0.05, 0) is 48.2 Å². The van der Waals surface area contributed by atoms with Crippen molar-refractivity contribution in [2.24, 2.45) is 5.92 Å². The van der Waals surface area contributed by atoms with E-state index in [0.29, 0.717) is 25.4 Å². The van der Waals surface area contributed by atoms with Gasteiger partial charge in [0.15, 0.2) is 6.61 Å². The van der Waals surface area contributed by atoms with Crippen molar-refractivity contribution in [2.45, 2.75) is 25.8 Å². The zero-order valence-corrected chi connectivity index (χ0v) is 19.1. The number of pyridine rings is 1. The first-order valence-electron chi connectivity index (χ1n) is 11.6. The summed E-state index contributed by atoms with van der Waals surface area (Å²) in [4.78, 5) is 38.9. The van der Waals surface area contributed by atoms with Crippen molar-refractivity contribution in [3.63, 3.8) is 0 Å². The molecule has 2 aliphatic heterocycles. The Labute approximate surface area is 198 Å². The van der Waals surface area contributed by atoms with Crippen LogP contribution in [-0.4, -0.2) is 41.0 Å². The summed E-state index contributed by atoms with van der Waals surface area (Å²) in [7, 11) is 0. The van der Waals surface area contributed by atoms with Crippen LogP contribution in [0.4, 0.5) is 5.69 Å². The lowest BCUT2D eigenvalue weighted by Crippen LogP contribution is -2.50. The minimum Gasteiger partial charge on any atom is -0.484 e. The van der Waals surface area contributed by atoms with E-state index < -0.39 is 0 Å². The van der Waals surface area contributed by atoms with Gasteiger partial charge in [0.2, 0.25) is 5.91 Å². The van der Waals surface area contributed by atoms with Crippen molar-refractivity contribution in [1.29, 1.82) is 0 Å². The standard InChI is InChI=1S/C27H27N3O4/c1-18(31)28-22-9-7-20(8-10-22)24-11-12-25(32)30-15-19-13-21(27(24)30)16-29(14-19)26(33)17-34-23-5-3-2-4-6-23/h2-12,19,21H,13-17H2,1H3,(H,28,31)/t19-,21+/m0/s1. The van der Waals surface area contributed by atoms with E-state index in [1.807, 2.05) is 70.1 Å². The average Bonchev–Trinajstić information content (AvgIpc) is 2.84. The number of hydrogen-bond donors (Lipinski definition) is 1. The van der Waals surface area contributed by atoms with Crippen LogP contribution in [-0.2, 0) is 16.1 Å². The monoisotopic (exact) mass is 457 g/mol. The van der Waals surface area contributed by atoms with Gasteiger partial charge in [-0.25, -0.2) is 0 Å². The fourth-order valence-electron chi connectivity index (χ4n) is 5.15. The lowest BCUT2D eigenvalue weighted by Gasteiger charge is -2.43. The molecule has 2 aromatic carbocycles. The summed E-state index contributed by atoms with van der Waals surface area (Å²) in [6.45, 7) is 3.28. The molecule has 1 aromatic heterocycles. The number of benzene rings is 2. The van der Waals surface area contributed by atoms with Crippen molar-refractivity contribution in [2.75, 3.05) is 25.0 Å². The normalized spacial score (nSPS) is 18.7. The van der Waals surface area contributed by atoms with Crippen molar-refractivity contribution < 1.29 is 14.3 Å². The van der Waals surface area contributed by atoms with Crippen LogP contribution in [0.3, 0.4) is 0 Å². The zero-order chi connectivity index (χ0) is 23.7. The van der Waals surface area contributed by atoms with E-state index in [0.717, 1.165) is 28.9 Å². The molecular formula is C27H27N3O4. The maximum atomic E-state index is 13.0. The lowest BCUT2D eigenvalue weighted by molar-refractivity contribution is -0.136. The molecule has 174 valence electrons. The Kier molecular flexibility index (Phi) is 5.92. The highest BCUT2D eigenvalue weighted by Gasteiger charge is 2.37.